The van der Waals surface area contributed by atoms with Gasteiger partial charge in [0.25, 0.3) is 0 Å². The number of hydrogen-bond acceptors (Lipinski definition) is 4. The lowest BCUT2D eigenvalue weighted by Gasteiger charge is -2.20. The SMILES string of the molecule is CCc1c(C2CCOCC2)noc1N. The molecule has 4 nitrogen and oxygen atoms in total. The van der Waals surface area contributed by atoms with Crippen molar-refractivity contribution in [2.75, 3.05) is 18.9 Å². The Morgan fingerprint density at radius 3 is 2.79 bits per heavy atom. The molecule has 1 aromatic rings. The van der Waals surface area contributed by atoms with E-state index in [9.17, 15) is 0 Å². The van der Waals surface area contributed by atoms with Crippen molar-refractivity contribution in [1.29, 1.82) is 0 Å². The molecule has 0 unspecified atom stereocenters. The van der Waals surface area contributed by atoms with Gasteiger partial charge in [0.1, 0.15) is 0 Å². The first-order valence-corrected chi connectivity index (χ1v) is 5.14. The highest BCUT2D eigenvalue weighted by molar-refractivity contribution is 5.40. The number of nitrogen functional groups attached to an aromatic ring is 1. The summed E-state index contributed by atoms with van der Waals surface area (Å²) in [7, 11) is 0. The van der Waals surface area contributed by atoms with E-state index in [2.05, 4.69) is 12.1 Å². The zero-order valence-electron chi connectivity index (χ0n) is 8.45. The maximum absolute atomic E-state index is 5.70. The van der Waals surface area contributed by atoms with Crippen LogP contribution in [0.4, 0.5) is 5.88 Å². The zero-order chi connectivity index (χ0) is 9.97. The Balaban J connectivity index is 2.21. The van der Waals surface area contributed by atoms with Crippen molar-refractivity contribution in [1.82, 2.24) is 5.16 Å². The van der Waals surface area contributed by atoms with Gasteiger partial charge in [-0.3, -0.25) is 0 Å². The average Bonchev–Trinajstić information content (AvgIpc) is 2.61. The molecule has 0 bridgehead atoms. The summed E-state index contributed by atoms with van der Waals surface area (Å²) in [4.78, 5) is 0. The molecule has 0 spiro atoms. The molecule has 2 heterocycles. The Labute approximate surface area is 83.4 Å². The fourth-order valence-corrected chi connectivity index (χ4v) is 1.98. The third-order valence-corrected chi connectivity index (χ3v) is 2.81. The molecule has 4 heteroatoms. The van der Waals surface area contributed by atoms with Gasteiger partial charge in [-0.25, -0.2) is 0 Å². The molecule has 0 radical (unpaired) electrons. The second-order valence-electron chi connectivity index (χ2n) is 3.65. The molecule has 1 aliphatic heterocycles. The number of rotatable bonds is 2. The standard InChI is InChI=1S/C10H16N2O2/c1-2-8-9(12-14-10(8)11)7-3-5-13-6-4-7/h7H,2-6,11H2,1H3. The predicted octanol–water partition coefficient (Wildman–Crippen LogP) is 1.71. The van der Waals surface area contributed by atoms with E-state index in [1.807, 2.05) is 0 Å². The van der Waals surface area contributed by atoms with E-state index in [1.165, 1.54) is 0 Å². The Hall–Kier alpha value is -1.03. The number of nitrogens with two attached hydrogens (primary N) is 1. The number of aromatic nitrogens is 1. The third-order valence-electron chi connectivity index (χ3n) is 2.81. The smallest absolute Gasteiger partial charge is 0.225 e. The van der Waals surface area contributed by atoms with Gasteiger partial charge in [0.15, 0.2) is 0 Å². The van der Waals surface area contributed by atoms with Crippen LogP contribution >= 0.6 is 0 Å². The molecule has 2 rings (SSSR count). The predicted molar refractivity (Wildman–Crippen MR) is 53.1 cm³/mol. The monoisotopic (exact) mass is 196 g/mol. The fourth-order valence-electron chi connectivity index (χ4n) is 1.98. The van der Waals surface area contributed by atoms with Crippen LogP contribution in [-0.2, 0) is 11.2 Å². The Bertz CT molecular complexity index is 303. The van der Waals surface area contributed by atoms with Gasteiger partial charge >= 0.3 is 0 Å². The van der Waals surface area contributed by atoms with E-state index < -0.39 is 0 Å². The van der Waals surface area contributed by atoms with Crippen LogP contribution in [0.2, 0.25) is 0 Å². The first kappa shape index (κ1) is 9.52. The average molecular weight is 196 g/mol. The first-order chi connectivity index (χ1) is 6.83. The number of ether oxygens (including phenoxy) is 1. The van der Waals surface area contributed by atoms with Crippen LogP contribution < -0.4 is 5.73 Å². The van der Waals surface area contributed by atoms with Crippen LogP contribution in [0, 0.1) is 0 Å². The van der Waals surface area contributed by atoms with E-state index in [1.54, 1.807) is 0 Å². The molecule has 2 N–H and O–H groups in total. The largest absolute Gasteiger partial charge is 0.381 e. The van der Waals surface area contributed by atoms with Gasteiger partial charge in [-0.2, -0.15) is 0 Å². The summed E-state index contributed by atoms with van der Waals surface area (Å²) in [6.45, 7) is 3.72. The van der Waals surface area contributed by atoms with Crippen LogP contribution in [0.5, 0.6) is 0 Å². The minimum absolute atomic E-state index is 0.472. The maximum Gasteiger partial charge on any atom is 0.225 e. The van der Waals surface area contributed by atoms with Crippen molar-refractivity contribution >= 4 is 5.88 Å². The highest BCUT2D eigenvalue weighted by Crippen LogP contribution is 2.31. The topological polar surface area (TPSA) is 61.3 Å². The minimum Gasteiger partial charge on any atom is -0.381 e. The summed E-state index contributed by atoms with van der Waals surface area (Å²) in [5.74, 6) is 0.953. The minimum atomic E-state index is 0.472. The molecule has 14 heavy (non-hydrogen) atoms. The number of anilines is 1. The molecular weight excluding hydrogens is 180 g/mol. The van der Waals surface area contributed by atoms with Crippen LogP contribution in [0.25, 0.3) is 0 Å². The molecule has 0 amide bonds. The Kier molecular flexibility index (Phi) is 2.72. The Morgan fingerprint density at radius 2 is 2.14 bits per heavy atom. The lowest BCUT2D eigenvalue weighted by molar-refractivity contribution is 0.0837. The lowest BCUT2D eigenvalue weighted by atomic mass is 9.93. The molecule has 0 aliphatic carbocycles. The molecule has 0 saturated carbocycles. The summed E-state index contributed by atoms with van der Waals surface area (Å²) >= 11 is 0. The van der Waals surface area contributed by atoms with Crippen molar-refractivity contribution < 1.29 is 9.26 Å². The molecule has 1 fully saturated rings. The maximum atomic E-state index is 5.70. The molecule has 1 aromatic heterocycles. The second kappa shape index (κ2) is 4.00. The second-order valence-corrected chi connectivity index (χ2v) is 3.65. The number of nitrogens with zero attached hydrogens (tertiary/aromatic N) is 1. The van der Waals surface area contributed by atoms with Crippen LogP contribution in [-0.4, -0.2) is 18.4 Å². The number of hydrogen-bond donors (Lipinski definition) is 1. The van der Waals surface area contributed by atoms with Crippen molar-refractivity contribution in [3.63, 3.8) is 0 Å². The summed E-state index contributed by atoms with van der Waals surface area (Å²) in [6, 6.07) is 0. The van der Waals surface area contributed by atoms with Gasteiger partial charge in [0.2, 0.25) is 5.88 Å². The summed E-state index contributed by atoms with van der Waals surface area (Å²) in [5, 5.41) is 4.05. The van der Waals surface area contributed by atoms with Crippen molar-refractivity contribution in [2.24, 2.45) is 0 Å². The van der Waals surface area contributed by atoms with Crippen LogP contribution in [0.15, 0.2) is 4.52 Å². The molecule has 0 atom stereocenters. The first-order valence-electron chi connectivity index (χ1n) is 5.14. The van der Waals surface area contributed by atoms with E-state index in [-0.39, 0.29) is 0 Å². The van der Waals surface area contributed by atoms with Gasteiger partial charge in [-0.15, -0.1) is 0 Å². The van der Waals surface area contributed by atoms with E-state index in [0.717, 1.165) is 43.7 Å². The fraction of sp³-hybridized carbons (Fsp3) is 0.700. The van der Waals surface area contributed by atoms with Crippen molar-refractivity contribution in [2.45, 2.75) is 32.1 Å². The van der Waals surface area contributed by atoms with Crippen molar-refractivity contribution in [3.05, 3.63) is 11.3 Å². The van der Waals surface area contributed by atoms with E-state index >= 15 is 0 Å². The van der Waals surface area contributed by atoms with Gasteiger partial charge in [-0.1, -0.05) is 12.1 Å². The van der Waals surface area contributed by atoms with E-state index in [4.69, 9.17) is 15.0 Å². The molecular formula is C10H16N2O2. The van der Waals surface area contributed by atoms with Crippen LogP contribution in [0.1, 0.15) is 36.9 Å². The third kappa shape index (κ3) is 1.62. The quantitative estimate of drug-likeness (QED) is 0.782. The molecule has 78 valence electrons. The van der Waals surface area contributed by atoms with Crippen LogP contribution in [0.3, 0.4) is 0 Å². The van der Waals surface area contributed by atoms with Gasteiger partial charge in [-0.05, 0) is 19.3 Å². The van der Waals surface area contributed by atoms with Gasteiger partial charge in [0, 0.05) is 24.7 Å². The normalized spacial score (nSPS) is 18.6. The van der Waals surface area contributed by atoms with Gasteiger partial charge in [0.05, 0.1) is 5.69 Å². The summed E-state index contributed by atoms with van der Waals surface area (Å²) in [5.41, 5.74) is 7.83. The molecule has 0 aromatic carbocycles. The highest BCUT2D eigenvalue weighted by Gasteiger charge is 2.23. The lowest BCUT2D eigenvalue weighted by Crippen LogP contribution is -2.15. The van der Waals surface area contributed by atoms with E-state index in [0.29, 0.717) is 11.8 Å². The highest BCUT2D eigenvalue weighted by atomic mass is 16.5. The summed E-state index contributed by atoms with van der Waals surface area (Å²) < 4.78 is 10.3. The van der Waals surface area contributed by atoms with Gasteiger partial charge < -0.3 is 15.0 Å². The summed E-state index contributed by atoms with van der Waals surface area (Å²) in [6.07, 6.45) is 2.94. The molecule has 1 saturated heterocycles. The molecule has 1 aliphatic rings. The Morgan fingerprint density at radius 1 is 1.43 bits per heavy atom. The van der Waals surface area contributed by atoms with Crippen molar-refractivity contribution in [3.8, 4) is 0 Å². The zero-order valence-corrected chi connectivity index (χ0v) is 8.45.